The van der Waals surface area contributed by atoms with Crippen molar-refractivity contribution in [1.29, 1.82) is 0 Å². The Bertz CT molecular complexity index is 757. The number of piperidine rings is 1. The summed E-state index contributed by atoms with van der Waals surface area (Å²) in [5, 5.41) is 0. The molecule has 3 fully saturated rings. The van der Waals surface area contributed by atoms with E-state index in [0.717, 1.165) is 64.4 Å². The molecular weight excluding hydrogens is 374 g/mol. The Morgan fingerprint density at radius 2 is 1.73 bits per heavy atom. The van der Waals surface area contributed by atoms with Crippen LogP contribution in [0.3, 0.4) is 0 Å². The Morgan fingerprint density at radius 1 is 1.03 bits per heavy atom. The molecule has 2 heterocycles. The fourth-order valence-corrected chi connectivity index (χ4v) is 5.93. The number of fused-ring (bicyclic) bond motifs is 2. The van der Waals surface area contributed by atoms with Crippen molar-refractivity contribution in [3.8, 4) is 5.75 Å². The standard InChI is InChI=1S/C25H39N3O2/c1-24(2)20-11-12-25(24,3)23(29)28(19-20)14-8-7-13-26-15-17-27(18-16-26)21-9-5-6-10-22(21)30-4/h5-6,9-10,20H,7-8,11-19H2,1-4H3/t20?,25-/m0/s1. The minimum atomic E-state index is -0.148. The number of hydrogen-bond donors (Lipinski definition) is 0. The number of anilines is 1. The average Bonchev–Trinajstić information content (AvgIpc) is 2.89. The maximum absolute atomic E-state index is 13.1. The molecule has 1 aromatic carbocycles. The van der Waals surface area contributed by atoms with Gasteiger partial charge in [0.2, 0.25) is 5.91 Å². The molecule has 166 valence electrons. The maximum atomic E-state index is 13.1. The molecule has 1 saturated carbocycles. The molecule has 3 aliphatic rings. The molecule has 0 radical (unpaired) electrons. The summed E-state index contributed by atoms with van der Waals surface area (Å²) in [7, 11) is 1.74. The zero-order valence-corrected chi connectivity index (χ0v) is 19.3. The van der Waals surface area contributed by atoms with E-state index in [1.807, 2.05) is 12.1 Å². The zero-order chi connectivity index (χ0) is 21.4. The van der Waals surface area contributed by atoms with Gasteiger partial charge < -0.3 is 14.5 Å². The number of benzene rings is 1. The van der Waals surface area contributed by atoms with E-state index in [1.54, 1.807) is 7.11 Å². The number of amides is 1. The highest BCUT2D eigenvalue weighted by Gasteiger charge is 2.60. The Hall–Kier alpha value is -1.75. The number of likely N-dealkylation sites (tertiary alicyclic amines) is 1. The number of nitrogens with zero attached hydrogens (tertiary/aromatic N) is 3. The molecular formula is C25H39N3O2. The van der Waals surface area contributed by atoms with Gasteiger partial charge in [-0.25, -0.2) is 0 Å². The van der Waals surface area contributed by atoms with Crippen molar-refractivity contribution < 1.29 is 9.53 Å². The number of unbranched alkanes of at least 4 members (excludes halogenated alkanes) is 1. The largest absolute Gasteiger partial charge is 0.495 e. The molecule has 2 bridgehead atoms. The topological polar surface area (TPSA) is 36.0 Å². The molecule has 2 atom stereocenters. The molecule has 2 saturated heterocycles. The first-order valence-corrected chi connectivity index (χ1v) is 11.8. The molecule has 1 amide bonds. The van der Waals surface area contributed by atoms with E-state index in [1.165, 1.54) is 18.5 Å². The van der Waals surface area contributed by atoms with Crippen molar-refractivity contribution in [3.63, 3.8) is 0 Å². The Kier molecular flexibility index (Phi) is 6.02. The molecule has 0 N–H and O–H groups in total. The second-order valence-corrected chi connectivity index (χ2v) is 10.2. The van der Waals surface area contributed by atoms with Gasteiger partial charge in [0.15, 0.2) is 0 Å². The maximum Gasteiger partial charge on any atom is 0.229 e. The third-order valence-corrected chi connectivity index (χ3v) is 8.59. The van der Waals surface area contributed by atoms with Gasteiger partial charge in [0, 0.05) is 39.3 Å². The van der Waals surface area contributed by atoms with Crippen LogP contribution in [-0.2, 0) is 4.79 Å². The summed E-state index contributed by atoms with van der Waals surface area (Å²) in [5.74, 6) is 2.04. The van der Waals surface area contributed by atoms with Crippen LogP contribution in [0.25, 0.3) is 0 Å². The van der Waals surface area contributed by atoms with Crippen LogP contribution in [0.5, 0.6) is 5.75 Å². The first-order valence-electron chi connectivity index (χ1n) is 11.8. The molecule has 5 heteroatoms. The monoisotopic (exact) mass is 413 g/mol. The van der Waals surface area contributed by atoms with Gasteiger partial charge in [0.1, 0.15) is 5.75 Å². The third-order valence-electron chi connectivity index (χ3n) is 8.59. The first-order chi connectivity index (χ1) is 14.4. The average molecular weight is 414 g/mol. The number of rotatable bonds is 7. The number of carbonyl (C=O) groups excluding carboxylic acids is 1. The predicted octanol–water partition coefficient (Wildman–Crippen LogP) is 3.88. The normalized spacial score (nSPS) is 28.8. The van der Waals surface area contributed by atoms with Crippen LogP contribution < -0.4 is 9.64 Å². The lowest BCUT2D eigenvalue weighted by Gasteiger charge is -2.49. The van der Waals surface area contributed by atoms with Crippen molar-refractivity contribution >= 4 is 11.6 Å². The number of ether oxygens (including phenoxy) is 1. The van der Waals surface area contributed by atoms with E-state index >= 15 is 0 Å². The molecule has 30 heavy (non-hydrogen) atoms. The van der Waals surface area contributed by atoms with E-state index in [2.05, 4.69) is 47.6 Å². The molecule has 1 unspecified atom stereocenters. The van der Waals surface area contributed by atoms with E-state index in [4.69, 9.17) is 4.74 Å². The third kappa shape index (κ3) is 3.70. The molecule has 0 aromatic heterocycles. The minimum Gasteiger partial charge on any atom is -0.495 e. The molecule has 2 aliphatic heterocycles. The highest BCUT2D eigenvalue weighted by molar-refractivity contribution is 5.85. The number of piperazine rings is 1. The highest BCUT2D eigenvalue weighted by atomic mass is 16.5. The van der Waals surface area contributed by atoms with Crippen molar-refractivity contribution in [2.75, 3.05) is 57.8 Å². The number of para-hydroxylation sites is 2. The smallest absolute Gasteiger partial charge is 0.229 e. The summed E-state index contributed by atoms with van der Waals surface area (Å²) >= 11 is 0. The molecule has 0 spiro atoms. The van der Waals surface area contributed by atoms with Gasteiger partial charge in [-0.2, -0.15) is 0 Å². The van der Waals surface area contributed by atoms with Crippen LogP contribution in [0.4, 0.5) is 5.69 Å². The number of hydrogen-bond acceptors (Lipinski definition) is 4. The van der Waals surface area contributed by atoms with Crippen molar-refractivity contribution in [2.24, 2.45) is 16.7 Å². The Balaban J connectivity index is 1.20. The van der Waals surface area contributed by atoms with Crippen LogP contribution >= 0.6 is 0 Å². The van der Waals surface area contributed by atoms with Gasteiger partial charge in [-0.15, -0.1) is 0 Å². The fraction of sp³-hybridized carbons (Fsp3) is 0.720. The summed E-state index contributed by atoms with van der Waals surface area (Å²) in [4.78, 5) is 20.3. The van der Waals surface area contributed by atoms with Crippen LogP contribution in [0, 0.1) is 16.7 Å². The second-order valence-electron chi connectivity index (χ2n) is 10.2. The predicted molar refractivity (Wildman–Crippen MR) is 122 cm³/mol. The Morgan fingerprint density at radius 3 is 2.47 bits per heavy atom. The van der Waals surface area contributed by atoms with Gasteiger partial charge >= 0.3 is 0 Å². The number of carbonyl (C=O) groups is 1. The lowest BCUT2D eigenvalue weighted by atomic mass is 9.62. The SMILES string of the molecule is COc1ccccc1N1CCN(CCCCN2CC3CC[C@@](C)(C2=O)C3(C)C)CC1. The summed E-state index contributed by atoms with van der Waals surface area (Å²) < 4.78 is 5.52. The van der Waals surface area contributed by atoms with Crippen molar-refractivity contribution in [3.05, 3.63) is 24.3 Å². The molecule has 5 nitrogen and oxygen atoms in total. The van der Waals surface area contributed by atoms with E-state index in [0.29, 0.717) is 11.8 Å². The highest BCUT2D eigenvalue weighted by Crippen LogP contribution is 2.59. The van der Waals surface area contributed by atoms with Crippen molar-refractivity contribution in [2.45, 2.75) is 46.5 Å². The Labute approximate surface area is 182 Å². The second kappa shape index (κ2) is 8.41. The molecule has 1 aromatic rings. The number of methoxy groups -OCH3 is 1. The van der Waals surface area contributed by atoms with E-state index < -0.39 is 0 Å². The lowest BCUT2D eigenvalue weighted by Crippen LogP contribution is -2.56. The fourth-order valence-electron chi connectivity index (χ4n) is 5.93. The summed E-state index contributed by atoms with van der Waals surface area (Å²) in [5.41, 5.74) is 1.21. The molecule has 1 aliphatic carbocycles. The van der Waals surface area contributed by atoms with Crippen molar-refractivity contribution in [1.82, 2.24) is 9.80 Å². The van der Waals surface area contributed by atoms with Gasteiger partial charge in [-0.05, 0) is 55.7 Å². The minimum absolute atomic E-state index is 0.148. The van der Waals surface area contributed by atoms with Crippen LogP contribution in [0.15, 0.2) is 24.3 Å². The summed E-state index contributed by atoms with van der Waals surface area (Å²) in [6.45, 7) is 14.1. The summed E-state index contributed by atoms with van der Waals surface area (Å²) in [6, 6.07) is 8.30. The van der Waals surface area contributed by atoms with Crippen LogP contribution in [0.2, 0.25) is 0 Å². The van der Waals surface area contributed by atoms with E-state index in [-0.39, 0.29) is 10.8 Å². The van der Waals surface area contributed by atoms with Crippen LogP contribution in [0.1, 0.15) is 46.5 Å². The van der Waals surface area contributed by atoms with Gasteiger partial charge in [0.25, 0.3) is 0 Å². The zero-order valence-electron chi connectivity index (χ0n) is 19.3. The van der Waals surface area contributed by atoms with Gasteiger partial charge in [0.05, 0.1) is 18.2 Å². The summed E-state index contributed by atoms with van der Waals surface area (Å²) in [6.07, 6.45) is 4.56. The molecule has 4 rings (SSSR count). The van der Waals surface area contributed by atoms with E-state index in [9.17, 15) is 4.79 Å². The van der Waals surface area contributed by atoms with Gasteiger partial charge in [-0.1, -0.05) is 32.9 Å². The van der Waals surface area contributed by atoms with Gasteiger partial charge in [-0.3, -0.25) is 9.69 Å². The lowest BCUT2D eigenvalue weighted by molar-refractivity contribution is -0.155. The van der Waals surface area contributed by atoms with Crippen LogP contribution in [-0.4, -0.2) is 68.6 Å². The quantitative estimate of drug-likeness (QED) is 0.636. The first kappa shape index (κ1) is 21.5.